The van der Waals surface area contributed by atoms with Gasteiger partial charge >= 0.3 is 0 Å². The van der Waals surface area contributed by atoms with E-state index in [1.807, 2.05) is 33.0 Å². The average Bonchev–Trinajstić information content (AvgIpc) is 3.08. The van der Waals surface area contributed by atoms with Gasteiger partial charge in [0, 0.05) is 57.9 Å². The van der Waals surface area contributed by atoms with Crippen molar-refractivity contribution in [2.75, 3.05) is 58.8 Å². The highest BCUT2D eigenvalue weighted by atomic mass is 32.2. The van der Waals surface area contributed by atoms with Crippen molar-refractivity contribution in [1.29, 1.82) is 0 Å². The topological polar surface area (TPSA) is 65.1 Å². The highest BCUT2D eigenvalue weighted by Gasteiger charge is 2.23. The molecule has 202 valence electrons. The van der Waals surface area contributed by atoms with Gasteiger partial charge in [-0.2, -0.15) is 0 Å². The number of carbonyl (C=O) groups excluding carboxylic acids is 1. The van der Waals surface area contributed by atoms with Crippen molar-refractivity contribution in [2.45, 2.75) is 56.9 Å². The van der Waals surface area contributed by atoms with Gasteiger partial charge in [-0.1, -0.05) is 6.07 Å². The van der Waals surface area contributed by atoms with E-state index in [2.05, 4.69) is 40.4 Å². The van der Waals surface area contributed by atoms with Gasteiger partial charge in [0.05, 0.1) is 12.0 Å². The number of anilines is 1. The molecule has 8 heteroatoms. The predicted molar refractivity (Wildman–Crippen MR) is 151 cm³/mol. The number of aryl methyl sites for hydroxylation is 2. The van der Waals surface area contributed by atoms with Gasteiger partial charge in [-0.25, -0.2) is 8.51 Å². The minimum Gasteiger partial charge on any atom is -0.497 e. The number of amides is 1. The Kier molecular flexibility index (Phi) is 9.27. The van der Waals surface area contributed by atoms with Gasteiger partial charge in [0.25, 0.3) is 0 Å². The second kappa shape index (κ2) is 12.4. The number of benzene rings is 2. The summed E-state index contributed by atoms with van der Waals surface area (Å²) >= 11 is 0. The number of ether oxygens (including phenoxy) is 1. The van der Waals surface area contributed by atoms with E-state index in [9.17, 15) is 9.00 Å². The molecule has 37 heavy (non-hydrogen) atoms. The van der Waals surface area contributed by atoms with Crippen LogP contribution in [0.3, 0.4) is 0 Å². The maximum atomic E-state index is 13.1. The second-order valence-electron chi connectivity index (χ2n) is 10.5. The fraction of sp³-hybridized carbons (Fsp3) is 0.552. The fourth-order valence-corrected chi connectivity index (χ4v) is 6.64. The molecule has 0 aliphatic carbocycles. The third-order valence-corrected chi connectivity index (χ3v) is 9.46. The summed E-state index contributed by atoms with van der Waals surface area (Å²) in [6.07, 6.45) is 4.45. The van der Waals surface area contributed by atoms with Crippen LogP contribution in [-0.2, 0) is 28.6 Å². The summed E-state index contributed by atoms with van der Waals surface area (Å²) in [5.74, 6) is 0.790. The van der Waals surface area contributed by atoms with Gasteiger partial charge in [-0.3, -0.25) is 4.79 Å². The number of carbonyl (C=O) groups is 1. The lowest BCUT2D eigenvalue weighted by Gasteiger charge is -2.34. The first-order valence-electron chi connectivity index (χ1n) is 13.4. The van der Waals surface area contributed by atoms with E-state index in [1.54, 1.807) is 11.4 Å². The molecule has 2 aromatic rings. The van der Waals surface area contributed by atoms with Gasteiger partial charge in [0.1, 0.15) is 16.7 Å². The van der Waals surface area contributed by atoms with E-state index < -0.39 is 11.0 Å². The largest absolute Gasteiger partial charge is 0.497 e. The van der Waals surface area contributed by atoms with Gasteiger partial charge in [0.15, 0.2) is 0 Å². The molecule has 1 saturated heterocycles. The molecule has 1 N–H and O–H groups in total. The molecular formula is C29H42N4O3S. The Bertz CT molecular complexity index is 1110. The first-order valence-corrected chi connectivity index (χ1v) is 14.5. The van der Waals surface area contributed by atoms with E-state index >= 15 is 0 Å². The van der Waals surface area contributed by atoms with Gasteiger partial charge in [-0.15, -0.1) is 0 Å². The Balaban J connectivity index is 1.24. The highest BCUT2D eigenvalue weighted by Crippen LogP contribution is 2.27. The standard InChI is InChI=1S/C29H42N4O3S/c1-21-18-27(36-5)19-22(2)29(21)37(35)32(4)15-12-28(34)30-25-10-16-33(17-11-25)26-7-6-23-8-13-31(3)14-9-24(23)20-26/h6-7,18-20,25H,8-17H2,1-5H3,(H,30,34). The zero-order valence-corrected chi connectivity index (χ0v) is 23.8. The third kappa shape index (κ3) is 6.92. The van der Waals surface area contributed by atoms with Crippen LogP contribution in [0.4, 0.5) is 5.69 Å². The molecular weight excluding hydrogens is 484 g/mol. The summed E-state index contributed by atoms with van der Waals surface area (Å²) in [6.45, 7) is 8.47. The van der Waals surface area contributed by atoms with Crippen molar-refractivity contribution < 1.29 is 13.7 Å². The van der Waals surface area contributed by atoms with Gasteiger partial charge < -0.3 is 19.9 Å². The maximum Gasteiger partial charge on any atom is 0.221 e. The molecule has 2 aliphatic rings. The molecule has 0 spiro atoms. The minimum absolute atomic E-state index is 0.0274. The van der Waals surface area contributed by atoms with Crippen LogP contribution in [0.25, 0.3) is 0 Å². The fourth-order valence-electron chi connectivity index (χ4n) is 5.40. The molecule has 2 heterocycles. The van der Waals surface area contributed by atoms with E-state index in [4.69, 9.17) is 4.74 Å². The predicted octanol–water partition coefficient (Wildman–Crippen LogP) is 3.47. The van der Waals surface area contributed by atoms with Crippen LogP contribution in [0.2, 0.25) is 0 Å². The number of likely N-dealkylation sites (N-methyl/N-ethyl adjacent to an activating group) is 1. The normalized spacial score (nSPS) is 17.8. The van der Waals surface area contributed by atoms with Crippen LogP contribution >= 0.6 is 0 Å². The Morgan fingerprint density at radius 3 is 2.35 bits per heavy atom. The van der Waals surface area contributed by atoms with Crippen LogP contribution < -0.4 is 15.0 Å². The van der Waals surface area contributed by atoms with Gasteiger partial charge in [-0.05, 0) is 93.1 Å². The zero-order chi connectivity index (χ0) is 26.5. The SMILES string of the molecule is COc1cc(C)c(S(=O)N(C)CCC(=O)NC2CCN(c3ccc4c(c3)CCN(C)CC4)CC2)c(C)c1. The quantitative estimate of drug-likeness (QED) is 0.571. The number of methoxy groups -OCH3 is 1. The zero-order valence-electron chi connectivity index (χ0n) is 23.0. The van der Waals surface area contributed by atoms with Crippen molar-refractivity contribution in [3.8, 4) is 5.75 Å². The number of hydrogen-bond donors (Lipinski definition) is 1. The Hall–Kier alpha value is -2.42. The number of nitrogens with one attached hydrogen (secondary N) is 1. The summed E-state index contributed by atoms with van der Waals surface area (Å²) in [5.41, 5.74) is 6.14. The van der Waals surface area contributed by atoms with Crippen molar-refractivity contribution >= 4 is 22.6 Å². The molecule has 1 amide bonds. The van der Waals surface area contributed by atoms with Crippen LogP contribution in [0.1, 0.15) is 41.5 Å². The molecule has 1 unspecified atom stereocenters. The summed E-state index contributed by atoms with van der Waals surface area (Å²) in [4.78, 5) is 18.3. The lowest BCUT2D eigenvalue weighted by molar-refractivity contribution is -0.122. The molecule has 4 rings (SSSR count). The smallest absolute Gasteiger partial charge is 0.221 e. The number of hydrogen-bond acceptors (Lipinski definition) is 5. The lowest BCUT2D eigenvalue weighted by atomic mass is 10.00. The summed E-state index contributed by atoms with van der Waals surface area (Å²) in [6, 6.07) is 11.0. The third-order valence-electron chi connectivity index (χ3n) is 7.72. The monoisotopic (exact) mass is 526 g/mol. The number of nitrogens with zero attached hydrogens (tertiary/aromatic N) is 3. The van der Waals surface area contributed by atoms with Crippen molar-refractivity contribution in [3.63, 3.8) is 0 Å². The summed E-state index contributed by atoms with van der Waals surface area (Å²) < 4.78 is 20.2. The van der Waals surface area contributed by atoms with Crippen LogP contribution in [0, 0.1) is 13.8 Å². The molecule has 1 atom stereocenters. The van der Waals surface area contributed by atoms with Crippen molar-refractivity contribution in [2.24, 2.45) is 0 Å². The molecule has 0 saturated carbocycles. The lowest BCUT2D eigenvalue weighted by Crippen LogP contribution is -2.45. The number of fused-ring (bicyclic) bond motifs is 1. The molecule has 0 aromatic heterocycles. The minimum atomic E-state index is -1.33. The average molecular weight is 527 g/mol. The molecule has 2 aliphatic heterocycles. The molecule has 7 nitrogen and oxygen atoms in total. The Morgan fingerprint density at radius 1 is 1.05 bits per heavy atom. The maximum absolute atomic E-state index is 13.1. The van der Waals surface area contributed by atoms with E-state index in [1.165, 1.54) is 16.8 Å². The van der Waals surface area contributed by atoms with E-state index in [0.717, 1.165) is 73.6 Å². The molecule has 0 bridgehead atoms. The Morgan fingerprint density at radius 2 is 1.70 bits per heavy atom. The van der Waals surface area contributed by atoms with Crippen LogP contribution in [0.15, 0.2) is 35.2 Å². The first kappa shape index (κ1) is 27.6. The highest BCUT2D eigenvalue weighted by molar-refractivity contribution is 7.82. The van der Waals surface area contributed by atoms with Crippen molar-refractivity contribution in [3.05, 3.63) is 52.6 Å². The van der Waals surface area contributed by atoms with Crippen molar-refractivity contribution in [1.82, 2.24) is 14.5 Å². The summed E-state index contributed by atoms with van der Waals surface area (Å²) in [7, 11) is 4.32. The van der Waals surface area contributed by atoms with E-state index in [-0.39, 0.29) is 11.9 Å². The number of rotatable bonds is 8. The molecule has 1 fully saturated rings. The van der Waals surface area contributed by atoms with Gasteiger partial charge in [0.2, 0.25) is 5.91 Å². The molecule has 2 aromatic carbocycles. The Labute approximate surface area is 224 Å². The molecule has 0 radical (unpaired) electrons. The summed E-state index contributed by atoms with van der Waals surface area (Å²) in [5, 5.41) is 3.21. The second-order valence-corrected chi connectivity index (χ2v) is 12.1. The van der Waals surface area contributed by atoms with Crippen LogP contribution in [-0.4, -0.2) is 79.3 Å². The number of piperidine rings is 1. The van der Waals surface area contributed by atoms with Crippen LogP contribution in [0.5, 0.6) is 5.75 Å². The first-order chi connectivity index (χ1) is 17.7. The van der Waals surface area contributed by atoms with E-state index in [0.29, 0.717) is 13.0 Å².